The summed E-state index contributed by atoms with van der Waals surface area (Å²) in [6.45, 7) is 4.24. The van der Waals surface area contributed by atoms with E-state index in [1.807, 2.05) is 30.4 Å². The van der Waals surface area contributed by atoms with Crippen molar-refractivity contribution in [2.24, 2.45) is 0 Å². The third-order valence-corrected chi connectivity index (χ3v) is 6.46. The molecule has 0 amide bonds. The highest BCUT2D eigenvalue weighted by Crippen LogP contribution is 2.24. The standard InChI is InChI=1S/C34H33F/c1-3-4-6-9-27-12-18-31(19-13-27)32-20-14-28(15-21-32)16-22-33-23-17-29(25-34(33)35)24-26(2)30-10-7-5-8-11-30/h3-5,7-8,10-23,25-26H,6,9,24H2,1-2H3/b4-3+,22-16?/t26-/m0/s1. The summed E-state index contributed by atoms with van der Waals surface area (Å²) in [5.74, 6) is 0.176. The van der Waals surface area contributed by atoms with Gasteiger partial charge in [-0.25, -0.2) is 4.39 Å². The number of aryl methyl sites for hydroxylation is 1. The van der Waals surface area contributed by atoms with E-state index in [0.717, 1.165) is 30.4 Å². The second-order valence-electron chi connectivity index (χ2n) is 9.13. The van der Waals surface area contributed by atoms with Crippen LogP contribution in [0.25, 0.3) is 23.3 Å². The first kappa shape index (κ1) is 24.4. The zero-order valence-electron chi connectivity index (χ0n) is 20.6. The van der Waals surface area contributed by atoms with E-state index in [9.17, 15) is 4.39 Å². The van der Waals surface area contributed by atoms with Crippen LogP contribution < -0.4 is 0 Å². The molecule has 4 aromatic carbocycles. The maximum atomic E-state index is 14.8. The SMILES string of the molecule is C/C=C/CCc1ccc(-c2ccc(C=Cc3ccc(C[C@H](C)c4ccccc4)cc3F)cc2)cc1. The summed E-state index contributed by atoms with van der Waals surface area (Å²) in [4.78, 5) is 0. The molecular weight excluding hydrogens is 427 g/mol. The Labute approximate surface area is 209 Å². The van der Waals surface area contributed by atoms with E-state index in [2.05, 4.69) is 98.8 Å². The van der Waals surface area contributed by atoms with E-state index >= 15 is 0 Å². The molecule has 0 aliphatic rings. The predicted octanol–water partition coefficient (Wildman–Crippen LogP) is 9.52. The van der Waals surface area contributed by atoms with Crippen LogP contribution in [-0.2, 0) is 12.8 Å². The second kappa shape index (κ2) is 12.1. The molecule has 176 valence electrons. The first-order chi connectivity index (χ1) is 17.1. The Morgan fingerprint density at radius 2 is 1.40 bits per heavy atom. The van der Waals surface area contributed by atoms with Crippen LogP contribution in [-0.4, -0.2) is 0 Å². The average Bonchev–Trinajstić information content (AvgIpc) is 2.90. The lowest BCUT2D eigenvalue weighted by atomic mass is 9.93. The van der Waals surface area contributed by atoms with Gasteiger partial charge in [-0.3, -0.25) is 0 Å². The van der Waals surface area contributed by atoms with E-state index in [-0.39, 0.29) is 5.82 Å². The van der Waals surface area contributed by atoms with Gasteiger partial charge in [0.15, 0.2) is 0 Å². The van der Waals surface area contributed by atoms with Crippen LogP contribution in [0.3, 0.4) is 0 Å². The molecule has 1 atom stereocenters. The van der Waals surface area contributed by atoms with Crippen molar-refractivity contribution in [3.05, 3.63) is 143 Å². The number of halogens is 1. The van der Waals surface area contributed by atoms with Crippen LogP contribution in [0.5, 0.6) is 0 Å². The van der Waals surface area contributed by atoms with E-state index in [1.54, 1.807) is 6.07 Å². The average molecular weight is 461 g/mol. The fourth-order valence-electron chi connectivity index (χ4n) is 4.34. The van der Waals surface area contributed by atoms with Crippen molar-refractivity contribution in [2.45, 2.75) is 39.0 Å². The molecule has 0 aliphatic heterocycles. The van der Waals surface area contributed by atoms with E-state index in [0.29, 0.717) is 11.5 Å². The van der Waals surface area contributed by atoms with Gasteiger partial charge in [0, 0.05) is 5.56 Å². The maximum Gasteiger partial charge on any atom is 0.130 e. The van der Waals surface area contributed by atoms with Crippen molar-refractivity contribution in [1.29, 1.82) is 0 Å². The summed E-state index contributed by atoms with van der Waals surface area (Å²) < 4.78 is 14.8. The number of hydrogen-bond acceptors (Lipinski definition) is 0. The molecule has 4 aromatic rings. The van der Waals surface area contributed by atoms with E-state index in [1.165, 1.54) is 22.3 Å². The number of rotatable bonds is 9. The number of hydrogen-bond donors (Lipinski definition) is 0. The Kier molecular flexibility index (Phi) is 8.46. The van der Waals surface area contributed by atoms with Gasteiger partial charge < -0.3 is 0 Å². The molecule has 0 aromatic heterocycles. The highest BCUT2D eigenvalue weighted by molar-refractivity contribution is 5.72. The fourth-order valence-corrected chi connectivity index (χ4v) is 4.34. The molecule has 0 N–H and O–H groups in total. The minimum Gasteiger partial charge on any atom is -0.206 e. The lowest BCUT2D eigenvalue weighted by Crippen LogP contribution is -1.99. The van der Waals surface area contributed by atoms with Crippen LogP contribution in [0.15, 0.2) is 109 Å². The second-order valence-corrected chi connectivity index (χ2v) is 9.13. The van der Waals surface area contributed by atoms with Crippen molar-refractivity contribution in [3.8, 4) is 11.1 Å². The van der Waals surface area contributed by atoms with Gasteiger partial charge in [-0.2, -0.15) is 0 Å². The monoisotopic (exact) mass is 460 g/mol. The minimum absolute atomic E-state index is 0.176. The maximum absolute atomic E-state index is 14.8. The van der Waals surface area contributed by atoms with Crippen molar-refractivity contribution in [1.82, 2.24) is 0 Å². The van der Waals surface area contributed by atoms with Crippen LogP contribution in [0.1, 0.15) is 54.0 Å². The Hall–Kier alpha value is -3.71. The summed E-state index contributed by atoms with van der Waals surface area (Å²) in [5, 5.41) is 0. The molecule has 0 saturated heterocycles. The Balaban J connectivity index is 1.38. The van der Waals surface area contributed by atoms with Crippen molar-refractivity contribution >= 4 is 12.2 Å². The summed E-state index contributed by atoms with van der Waals surface area (Å²) >= 11 is 0. The molecule has 0 aliphatic carbocycles. The quantitative estimate of drug-likeness (QED) is 0.172. The zero-order valence-corrected chi connectivity index (χ0v) is 20.6. The summed E-state index contributed by atoms with van der Waals surface area (Å²) in [5.41, 5.74) is 7.71. The largest absolute Gasteiger partial charge is 0.206 e. The van der Waals surface area contributed by atoms with Gasteiger partial charge in [0.1, 0.15) is 5.82 Å². The van der Waals surface area contributed by atoms with Gasteiger partial charge in [0.2, 0.25) is 0 Å². The lowest BCUT2D eigenvalue weighted by molar-refractivity contribution is 0.620. The third-order valence-electron chi connectivity index (χ3n) is 6.46. The smallest absolute Gasteiger partial charge is 0.130 e. The van der Waals surface area contributed by atoms with Crippen molar-refractivity contribution < 1.29 is 4.39 Å². The highest BCUT2D eigenvalue weighted by Gasteiger charge is 2.08. The number of allylic oxidation sites excluding steroid dienone is 2. The zero-order chi connectivity index (χ0) is 24.5. The Morgan fingerprint density at radius 1 is 0.743 bits per heavy atom. The minimum atomic E-state index is -0.176. The third kappa shape index (κ3) is 6.90. The number of benzene rings is 4. The summed E-state index contributed by atoms with van der Waals surface area (Å²) in [6, 6.07) is 33.2. The van der Waals surface area contributed by atoms with Crippen molar-refractivity contribution in [2.75, 3.05) is 0 Å². The van der Waals surface area contributed by atoms with Gasteiger partial charge in [-0.15, -0.1) is 0 Å². The van der Waals surface area contributed by atoms with Crippen molar-refractivity contribution in [3.63, 3.8) is 0 Å². The molecule has 0 radical (unpaired) electrons. The Morgan fingerprint density at radius 3 is 2.06 bits per heavy atom. The molecule has 0 spiro atoms. The van der Waals surface area contributed by atoms with Gasteiger partial charge in [-0.05, 0) is 71.6 Å². The molecule has 0 bridgehead atoms. The Bertz CT molecular complexity index is 1260. The van der Waals surface area contributed by atoms with Crippen LogP contribution in [0.2, 0.25) is 0 Å². The molecule has 0 fully saturated rings. The summed E-state index contributed by atoms with van der Waals surface area (Å²) in [6.07, 6.45) is 11.1. The molecule has 0 heterocycles. The molecule has 1 heteroatoms. The molecule has 35 heavy (non-hydrogen) atoms. The van der Waals surface area contributed by atoms with Crippen LogP contribution >= 0.6 is 0 Å². The fraction of sp³-hybridized carbons (Fsp3) is 0.176. The molecule has 0 saturated carbocycles. The molecule has 4 rings (SSSR count). The summed E-state index contributed by atoms with van der Waals surface area (Å²) in [7, 11) is 0. The van der Waals surface area contributed by atoms with Gasteiger partial charge >= 0.3 is 0 Å². The van der Waals surface area contributed by atoms with E-state index in [4.69, 9.17) is 0 Å². The normalized spacial score (nSPS) is 12.4. The van der Waals surface area contributed by atoms with Gasteiger partial charge in [0.05, 0.1) is 0 Å². The lowest BCUT2D eigenvalue weighted by Gasteiger charge is -2.12. The molecule has 0 unspecified atom stereocenters. The van der Waals surface area contributed by atoms with E-state index < -0.39 is 0 Å². The molecular formula is C34H33F. The van der Waals surface area contributed by atoms with Gasteiger partial charge in [0.25, 0.3) is 0 Å². The highest BCUT2D eigenvalue weighted by atomic mass is 19.1. The van der Waals surface area contributed by atoms with Gasteiger partial charge in [-0.1, -0.05) is 122 Å². The topological polar surface area (TPSA) is 0 Å². The predicted molar refractivity (Wildman–Crippen MR) is 149 cm³/mol. The van der Waals surface area contributed by atoms with Crippen LogP contribution in [0, 0.1) is 5.82 Å². The first-order valence-corrected chi connectivity index (χ1v) is 12.4. The molecule has 0 nitrogen and oxygen atoms in total. The van der Waals surface area contributed by atoms with Crippen LogP contribution in [0.4, 0.5) is 4.39 Å². The first-order valence-electron chi connectivity index (χ1n) is 12.4.